The van der Waals surface area contributed by atoms with Crippen molar-refractivity contribution in [3.8, 4) is 5.75 Å². The number of benzene rings is 1. The average Bonchev–Trinajstić information content (AvgIpc) is 3.43. The van der Waals surface area contributed by atoms with Crippen molar-refractivity contribution in [3.05, 3.63) is 62.1 Å². The normalized spacial score (nSPS) is 18.2. The minimum Gasteiger partial charge on any atom is -0.493 e. The van der Waals surface area contributed by atoms with E-state index in [1.807, 2.05) is 18.4 Å². The van der Waals surface area contributed by atoms with Gasteiger partial charge in [-0.3, -0.25) is 9.69 Å². The van der Waals surface area contributed by atoms with Crippen LogP contribution in [0.4, 0.5) is 18.0 Å². The summed E-state index contributed by atoms with van der Waals surface area (Å²) in [5.41, 5.74) is -2.92. The molecule has 0 bridgehead atoms. The Hall–Kier alpha value is -3.34. The lowest BCUT2D eigenvalue weighted by atomic mass is 10.0. The number of urea groups is 1. The van der Waals surface area contributed by atoms with Crippen LogP contribution >= 0.6 is 11.3 Å². The van der Waals surface area contributed by atoms with E-state index in [9.17, 15) is 27.6 Å². The highest BCUT2D eigenvalue weighted by molar-refractivity contribution is 7.10. The summed E-state index contributed by atoms with van der Waals surface area (Å²) in [6.45, 7) is 3.95. The number of rotatable bonds is 9. The molecule has 1 aliphatic rings. The maximum absolute atomic E-state index is 13.4. The molecule has 0 aliphatic carbocycles. The van der Waals surface area contributed by atoms with Crippen LogP contribution in [-0.2, 0) is 22.9 Å². The molecule has 1 unspecified atom stereocenters. The van der Waals surface area contributed by atoms with E-state index >= 15 is 0 Å². The second kappa shape index (κ2) is 9.96. The lowest BCUT2D eigenvalue weighted by molar-refractivity contribution is -0.136. The van der Waals surface area contributed by atoms with Crippen LogP contribution in [0.3, 0.4) is 0 Å². The van der Waals surface area contributed by atoms with Gasteiger partial charge in [-0.05, 0) is 49.8 Å². The first-order valence-corrected chi connectivity index (χ1v) is 12.4. The third-order valence-electron chi connectivity index (χ3n) is 6.10. The Labute approximate surface area is 208 Å². The molecular weight excluding hydrogens is 497 g/mol. The molecule has 3 amide bonds. The van der Waals surface area contributed by atoms with Gasteiger partial charge in [0, 0.05) is 28.4 Å². The zero-order chi connectivity index (χ0) is 26.1. The van der Waals surface area contributed by atoms with E-state index in [4.69, 9.17) is 9.15 Å². The number of carbonyl (C=O) groups is 2. The number of amides is 3. The number of halogens is 3. The van der Waals surface area contributed by atoms with Gasteiger partial charge in [-0.25, -0.2) is 9.59 Å². The fourth-order valence-corrected chi connectivity index (χ4v) is 5.14. The van der Waals surface area contributed by atoms with Crippen LogP contribution in [0.15, 0.2) is 44.9 Å². The van der Waals surface area contributed by atoms with Gasteiger partial charge in [0.1, 0.15) is 11.3 Å². The molecule has 0 radical (unpaired) electrons. The van der Waals surface area contributed by atoms with E-state index in [0.717, 1.165) is 4.88 Å². The van der Waals surface area contributed by atoms with Gasteiger partial charge in [0.15, 0.2) is 5.54 Å². The van der Waals surface area contributed by atoms with Crippen molar-refractivity contribution >= 4 is 34.2 Å². The molecule has 11 heteroatoms. The maximum Gasteiger partial charge on any atom is 0.417 e. The zero-order valence-electron chi connectivity index (χ0n) is 19.7. The van der Waals surface area contributed by atoms with Crippen molar-refractivity contribution in [2.75, 3.05) is 13.2 Å². The van der Waals surface area contributed by atoms with E-state index in [1.54, 1.807) is 13.0 Å². The minimum absolute atomic E-state index is 0.124. The van der Waals surface area contributed by atoms with Crippen LogP contribution < -0.4 is 15.7 Å². The summed E-state index contributed by atoms with van der Waals surface area (Å²) < 4.78 is 51.3. The number of aryl methyl sites for hydroxylation is 1. The van der Waals surface area contributed by atoms with Crippen molar-refractivity contribution in [3.63, 3.8) is 0 Å². The first-order valence-electron chi connectivity index (χ1n) is 11.5. The molecule has 3 aromatic rings. The number of imide groups is 1. The van der Waals surface area contributed by atoms with Crippen LogP contribution in [0.1, 0.15) is 49.1 Å². The summed E-state index contributed by atoms with van der Waals surface area (Å²) >= 11 is 1.39. The molecule has 1 aromatic carbocycles. The molecule has 1 saturated heterocycles. The van der Waals surface area contributed by atoms with Crippen molar-refractivity contribution in [1.29, 1.82) is 0 Å². The summed E-state index contributed by atoms with van der Waals surface area (Å²) in [6, 6.07) is 6.32. The average molecular weight is 523 g/mol. The Kier molecular flexibility index (Phi) is 7.12. The molecule has 2 aromatic heterocycles. The molecule has 1 fully saturated rings. The second-order valence-electron chi connectivity index (χ2n) is 8.69. The number of alkyl halides is 3. The Bertz CT molecular complexity index is 1340. The van der Waals surface area contributed by atoms with Gasteiger partial charge in [-0.15, -0.1) is 11.3 Å². The van der Waals surface area contributed by atoms with Crippen LogP contribution in [-0.4, -0.2) is 30.0 Å². The smallest absolute Gasteiger partial charge is 0.417 e. The number of nitrogens with one attached hydrogen (secondary N) is 1. The van der Waals surface area contributed by atoms with Gasteiger partial charge in [-0.2, -0.15) is 13.2 Å². The van der Waals surface area contributed by atoms with E-state index in [-0.39, 0.29) is 30.0 Å². The Morgan fingerprint density at radius 1 is 1.17 bits per heavy atom. The standard InChI is InChI=1S/C25H25F3N2O5S/c1-3-7-16-18(10-9-15-17(25(26,27)28)14-20(31)35-21(15)16)34-12-5-4-11-30-22(32)24(2,29-23(30)33)19-8-6-13-36-19/h6,8-10,13-14H,3-5,7,11-12H2,1-2H3,(H,29,33). The Morgan fingerprint density at radius 2 is 1.94 bits per heavy atom. The van der Waals surface area contributed by atoms with Gasteiger partial charge >= 0.3 is 17.8 Å². The molecule has 3 heterocycles. The number of carbonyl (C=O) groups excluding carboxylic acids is 2. The second-order valence-corrected chi connectivity index (χ2v) is 9.64. The molecule has 0 saturated carbocycles. The summed E-state index contributed by atoms with van der Waals surface area (Å²) in [4.78, 5) is 39.1. The fraction of sp³-hybridized carbons (Fsp3) is 0.400. The number of fused-ring (bicyclic) bond motifs is 1. The fourth-order valence-electron chi connectivity index (χ4n) is 4.30. The molecule has 7 nitrogen and oxygen atoms in total. The van der Waals surface area contributed by atoms with Crippen molar-refractivity contribution in [1.82, 2.24) is 10.2 Å². The van der Waals surface area contributed by atoms with Crippen LogP contribution in [0, 0.1) is 0 Å². The SMILES string of the molecule is CCCc1c(OCCCCN2C(=O)NC(C)(c3cccs3)C2=O)ccc2c(C(F)(F)F)cc(=O)oc12. The number of unbranched alkanes of at least 4 members (excludes halogenated alkanes) is 1. The molecule has 192 valence electrons. The summed E-state index contributed by atoms with van der Waals surface area (Å²) in [5.74, 6) is 0.0261. The van der Waals surface area contributed by atoms with Crippen molar-refractivity contribution < 1.29 is 31.9 Å². The Morgan fingerprint density at radius 3 is 2.61 bits per heavy atom. The molecule has 36 heavy (non-hydrogen) atoms. The topological polar surface area (TPSA) is 88.9 Å². The lowest BCUT2D eigenvalue weighted by Gasteiger charge is -2.20. The van der Waals surface area contributed by atoms with Crippen LogP contribution in [0.2, 0.25) is 0 Å². The monoisotopic (exact) mass is 522 g/mol. The number of ether oxygens (including phenoxy) is 1. The summed E-state index contributed by atoms with van der Waals surface area (Å²) in [7, 11) is 0. The van der Waals surface area contributed by atoms with Crippen LogP contribution in [0.5, 0.6) is 5.75 Å². The summed E-state index contributed by atoms with van der Waals surface area (Å²) in [5, 5.41) is 4.41. The molecule has 1 aliphatic heterocycles. The highest BCUT2D eigenvalue weighted by atomic mass is 32.1. The van der Waals surface area contributed by atoms with Gasteiger partial charge in [0.25, 0.3) is 5.91 Å². The molecular formula is C25H25F3N2O5S. The highest BCUT2D eigenvalue weighted by Gasteiger charge is 2.49. The lowest BCUT2D eigenvalue weighted by Crippen LogP contribution is -2.40. The van der Waals surface area contributed by atoms with Gasteiger partial charge in [-0.1, -0.05) is 19.4 Å². The summed E-state index contributed by atoms with van der Waals surface area (Å²) in [6.07, 6.45) is -2.77. The van der Waals surface area contributed by atoms with Gasteiger partial charge < -0.3 is 14.5 Å². The Balaban J connectivity index is 1.43. The molecule has 4 rings (SSSR count). The number of hydrogen-bond donors (Lipinski definition) is 1. The first kappa shape index (κ1) is 25.7. The predicted molar refractivity (Wildman–Crippen MR) is 128 cm³/mol. The van der Waals surface area contributed by atoms with Crippen molar-refractivity contribution in [2.45, 2.75) is 51.2 Å². The molecule has 1 N–H and O–H groups in total. The molecule has 1 atom stereocenters. The predicted octanol–water partition coefficient (Wildman–Crippen LogP) is 5.45. The number of hydrogen-bond acceptors (Lipinski definition) is 6. The number of thiophene rings is 1. The van der Waals surface area contributed by atoms with Crippen molar-refractivity contribution in [2.24, 2.45) is 0 Å². The van der Waals surface area contributed by atoms with E-state index in [1.165, 1.54) is 28.4 Å². The third-order valence-corrected chi connectivity index (χ3v) is 7.19. The highest BCUT2D eigenvalue weighted by Crippen LogP contribution is 2.37. The van der Waals surface area contributed by atoms with Gasteiger partial charge in [0.2, 0.25) is 0 Å². The molecule has 0 spiro atoms. The first-order chi connectivity index (χ1) is 17.1. The van der Waals surface area contributed by atoms with E-state index in [2.05, 4.69) is 5.32 Å². The quantitative estimate of drug-likeness (QED) is 0.229. The maximum atomic E-state index is 13.4. The largest absolute Gasteiger partial charge is 0.493 e. The van der Waals surface area contributed by atoms with E-state index in [0.29, 0.717) is 43.1 Å². The number of nitrogens with zero attached hydrogens (tertiary/aromatic N) is 1. The van der Waals surface area contributed by atoms with Gasteiger partial charge in [0.05, 0.1) is 12.2 Å². The third kappa shape index (κ3) is 4.84. The van der Waals surface area contributed by atoms with Crippen LogP contribution in [0.25, 0.3) is 11.0 Å². The van der Waals surface area contributed by atoms with E-state index < -0.39 is 28.9 Å². The minimum atomic E-state index is -4.70. The zero-order valence-corrected chi connectivity index (χ0v) is 20.6.